The maximum atomic E-state index is 13.2. The Morgan fingerprint density at radius 1 is 1.05 bits per heavy atom. The average Bonchev–Trinajstić information content (AvgIpc) is 2.93. The van der Waals surface area contributed by atoms with Gasteiger partial charge in [-0.05, 0) is 47.9 Å². The van der Waals surface area contributed by atoms with Gasteiger partial charge in [0.25, 0.3) is 5.91 Å². The highest BCUT2D eigenvalue weighted by atomic mass is 19.3. The van der Waals surface area contributed by atoms with E-state index in [-0.39, 0.29) is 34.3 Å². The van der Waals surface area contributed by atoms with Crippen LogP contribution in [0.1, 0.15) is 40.0 Å². The van der Waals surface area contributed by atoms with Gasteiger partial charge in [-0.3, -0.25) is 4.79 Å². The lowest BCUT2D eigenvalue weighted by atomic mass is 10.1. The molecule has 0 aliphatic heterocycles. The third kappa shape index (κ3) is 6.81. The molecule has 1 unspecified atom stereocenters. The van der Waals surface area contributed by atoms with E-state index in [4.69, 9.17) is 5.73 Å². The fourth-order valence-electron chi connectivity index (χ4n) is 3.75. The predicted octanol–water partition coefficient (Wildman–Crippen LogP) is 5.44. The number of ether oxygens (including phenoxy) is 1. The van der Waals surface area contributed by atoms with Crippen molar-refractivity contribution in [3.05, 3.63) is 101 Å². The molecule has 4 rings (SSSR count). The molecule has 39 heavy (non-hydrogen) atoms. The van der Waals surface area contributed by atoms with Gasteiger partial charge in [0, 0.05) is 24.5 Å². The van der Waals surface area contributed by atoms with Crippen LogP contribution in [0.4, 0.5) is 24.8 Å². The van der Waals surface area contributed by atoms with E-state index in [9.17, 15) is 23.2 Å². The number of carbonyl (C=O) groups is 1. The first kappa shape index (κ1) is 26.9. The molecular weight excluding hydrogens is 509 g/mol. The molecular formula is C28H23F3N6O2. The van der Waals surface area contributed by atoms with Gasteiger partial charge in [-0.1, -0.05) is 36.4 Å². The molecule has 0 aliphatic carbocycles. The summed E-state index contributed by atoms with van der Waals surface area (Å²) in [5.74, 6) is -0.898. The molecule has 8 nitrogen and oxygen atoms in total. The van der Waals surface area contributed by atoms with E-state index in [2.05, 4.69) is 25.3 Å². The molecule has 11 heteroatoms. The van der Waals surface area contributed by atoms with Crippen LogP contribution in [0.5, 0.6) is 5.75 Å². The zero-order valence-electron chi connectivity index (χ0n) is 20.7. The lowest BCUT2D eigenvalue weighted by molar-refractivity contribution is -0.0494. The third-order valence-corrected chi connectivity index (χ3v) is 5.82. The quantitative estimate of drug-likeness (QED) is 0.262. The van der Waals surface area contributed by atoms with Gasteiger partial charge in [0.15, 0.2) is 11.6 Å². The van der Waals surface area contributed by atoms with Gasteiger partial charge in [0.05, 0.1) is 17.2 Å². The first-order valence-corrected chi connectivity index (χ1v) is 11.7. The van der Waals surface area contributed by atoms with Crippen molar-refractivity contribution in [2.24, 2.45) is 0 Å². The van der Waals surface area contributed by atoms with Crippen LogP contribution in [0, 0.1) is 17.1 Å². The summed E-state index contributed by atoms with van der Waals surface area (Å²) in [7, 11) is 0. The number of hydrogen-bond donors (Lipinski definition) is 3. The smallest absolute Gasteiger partial charge is 0.387 e. The number of alkyl halides is 2. The number of nitrogens with zero attached hydrogens (tertiary/aromatic N) is 3. The topological polar surface area (TPSA) is 126 Å². The van der Waals surface area contributed by atoms with E-state index in [0.29, 0.717) is 23.2 Å². The molecule has 0 saturated carbocycles. The van der Waals surface area contributed by atoms with Crippen molar-refractivity contribution in [3.8, 4) is 22.9 Å². The fraction of sp³-hybridized carbons (Fsp3) is 0.143. The first-order chi connectivity index (χ1) is 18.7. The van der Waals surface area contributed by atoms with Crippen LogP contribution in [-0.2, 0) is 6.54 Å². The van der Waals surface area contributed by atoms with Gasteiger partial charge >= 0.3 is 6.61 Å². The van der Waals surface area contributed by atoms with Gasteiger partial charge in [-0.2, -0.15) is 14.0 Å². The molecule has 0 radical (unpaired) electrons. The second-order valence-electron chi connectivity index (χ2n) is 8.52. The summed E-state index contributed by atoms with van der Waals surface area (Å²) in [6.45, 7) is -0.959. The summed E-state index contributed by atoms with van der Waals surface area (Å²) in [4.78, 5) is 21.2. The molecule has 2 aromatic carbocycles. The van der Waals surface area contributed by atoms with Crippen LogP contribution < -0.4 is 21.1 Å². The molecule has 2 aromatic heterocycles. The SMILES string of the molecule is CC(NC(=O)c1cc(C#N)cnc1NCc1ccc(-c2cnc(N)c(OC(F)F)c2)cc1)c1ccc(F)cc1. The number of nitrogens with one attached hydrogen (secondary N) is 2. The maximum absolute atomic E-state index is 13.2. The Kier molecular flexibility index (Phi) is 8.26. The Morgan fingerprint density at radius 3 is 2.44 bits per heavy atom. The Labute approximate surface area is 222 Å². The van der Waals surface area contributed by atoms with E-state index in [1.165, 1.54) is 36.7 Å². The van der Waals surface area contributed by atoms with Crippen LogP contribution in [0.25, 0.3) is 11.1 Å². The van der Waals surface area contributed by atoms with Crippen LogP contribution in [0.3, 0.4) is 0 Å². The minimum atomic E-state index is -3.02. The second-order valence-corrected chi connectivity index (χ2v) is 8.52. The Balaban J connectivity index is 1.47. The number of nitrogen functional groups attached to an aromatic ring is 1. The summed E-state index contributed by atoms with van der Waals surface area (Å²) >= 11 is 0. The normalized spacial score (nSPS) is 11.5. The van der Waals surface area contributed by atoms with Gasteiger partial charge in [-0.15, -0.1) is 0 Å². The van der Waals surface area contributed by atoms with E-state index in [1.807, 2.05) is 18.2 Å². The third-order valence-electron chi connectivity index (χ3n) is 5.82. The molecule has 0 spiro atoms. The standard InChI is InChI=1S/C28H23F3N6O2/c1-16(19-6-8-22(29)9-7-19)37-27(38)23-10-18(12-32)14-36-26(23)35-13-17-2-4-20(5-3-17)21-11-24(39-28(30)31)25(33)34-15-21/h2-11,14-16,28H,13H2,1H3,(H2,33,34)(H,35,36)(H,37,38). The summed E-state index contributed by atoms with van der Waals surface area (Å²) < 4.78 is 42.9. The van der Waals surface area contributed by atoms with E-state index >= 15 is 0 Å². The molecule has 0 saturated heterocycles. The van der Waals surface area contributed by atoms with E-state index < -0.39 is 18.6 Å². The summed E-state index contributed by atoms with van der Waals surface area (Å²) in [6.07, 6.45) is 2.82. The van der Waals surface area contributed by atoms with Gasteiger partial charge in [-0.25, -0.2) is 14.4 Å². The zero-order chi connectivity index (χ0) is 27.9. The van der Waals surface area contributed by atoms with Crippen molar-refractivity contribution in [1.29, 1.82) is 5.26 Å². The summed E-state index contributed by atoms with van der Waals surface area (Å²) in [6, 6.07) is 17.4. The van der Waals surface area contributed by atoms with Crippen molar-refractivity contribution >= 4 is 17.5 Å². The molecule has 4 aromatic rings. The number of rotatable bonds is 9. The monoisotopic (exact) mass is 532 g/mol. The number of anilines is 2. The summed E-state index contributed by atoms with van der Waals surface area (Å²) in [5, 5.41) is 15.3. The molecule has 0 fully saturated rings. The number of aromatic nitrogens is 2. The number of pyridine rings is 2. The number of carbonyl (C=O) groups excluding carboxylic acids is 1. The minimum absolute atomic E-state index is 0.137. The van der Waals surface area contributed by atoms with Crippen molar-refractivity contribution in [3.63, 3.8) is 0 Å². The molecule has 0 bridgehead atoms. The zero-order valence-corrected chi connectivity index (χ0v) is 20.7. The van der Waals surface area contributed by atoms with Crippen molar-refractivity contribution in [1.82, 2.24) is 15.3 Å². The number of nitrogens with two attached hydrogens (primary N) is 1. The van der Waals surface area contributed by atoms with Crippen molar-refractivity contribution in [2.75, 3.05) is 11.1 Å². The molecule has 0 aliphatic rings. The number of amides is 1. The van der Waals surface area contributed by atoms with E-state index in [0.717, 1.165) is 5.56 Å². The average molecular weight is 533 g/mol. The number of hydrogen-bond acceptors (Lipinski definition) is 7. The number of benzene rings is 2. The largest absolute Gasteiger partial charge is 0.431 e. The second kappa shape index (κ2) is 12.0. The van der Waals surface area contributed by atoms with Crippen LogP contribution in [0.15, 0.2) is 73.1 Å². The number of nitriles is 1. The maximum Gasteiger partial charge on any atom is 0.387 e. The highest BCUT2D eigenvalue weighted by molar-refractivity contribution is 5.99. The van der Waals surface area contributed by atoms with Crippen molar-refractivity contribution in [2.45, 2.75) is 26.1 Å². The lowest BCUT2D eigenvalue weighted by Crippen LogP contribution is -2.28. The van der Waals surface area contributed by atoms with Gasteiger partial charge in [0.1, 0.15) is 17.7 Å². The van der Waals surface area contributed by atoms with Gasteiger partial charge < -0.3 is 21.1 Å². The van der Waals surface area contributed by atoms with E-state index in [1.54, 1.807) is 31.2 Å². The highest BCUT2D eigenvalue weighted by Crippen LogP contribution is 2.28. The molecule has 198 valence electrons. The minimum Gasteiger partial charge on any atom is -0.431 e. The van der Waals surface area contributed by atoms with Crippen molar-refractivity contribution < 1.29 is 22.7 Å². The highest BCUT2D eigenvalue weighted by Gasteiger charge is 2.17. The van der Waals surface area contributed by atoms with Crippen LogP contribution >= 0.6 is 0 Å². The summed E-state index contributed by atoms with van der Waals surface area (Å²) in [5.41, 5.74) is 8.80. The fourth-order valence-corrected chi connectivity index (χ4v) is 3.75. The molecule has 2 heterocycles. The first-order valence-electron chi connectivity index (χ1n) is 11.7. The Morgan fingerprint density at radius 2 is 1.77 bits per heavy atom. The lowest BCUT2D eigenvalue weighted by Gasteiger charge is -2.16. The predicted molar refractivity (Wildman–Crippen MR) is 139 cm³/mol. The molecule has 1 atom stereocenters. The molecule has 1 amide bonds. The Hall–Kier alpha value is -5.11. The van der Waals surface area contributed by atoms with Crippen LogP contribution in [0.2, 0.25) is 0 Å². The molecule has 4 N–H and O–H groups in total. The Bertz CT molecular complexity index is 1510. The number of halogens is 3. The van der Waals surface area contributed by atoms with Crippen LogP contribution in [-0.4, -0.2) is 22.5 Å². The van der Waals surface area contributed by atoms with Gasteiger partial charge in [0.2, 0.25) is 0 Å².